The maximum atomic E-state index is 12.3. The third kappa shape index (κ3) is 4.56. The number of aromatic nitrogens is 1. The fourth-order valence-electron chi connectivity index (χ4n) is 4.28. The standard InChI is InChI=1S/C22H25N3O2S2/c1-2-15-6-8-18(9-7-15)23-20(26)14-29-22(28)24-11-16-10-17(13-24)19-4-3-5-21(27)25(19)12-16/h3-9,16-17H,2,10-14H2,1H3,(H,23,26)/t16-,17-/m1/s1. The number of thioether (sulfide) groups is 1. The smallest absolute Gasteiger partial charge is 0.250 e. The Bertz CT molecular complexity index is 971. The maximum absolute atomic E-state index is 12.3. The zero-order chi connectivity index (χ0) is 20.4. The second-order valence-corrected chi connectivity index (χ2v) is 9.37. The van der Waals surface area contributed by atoms with Gasteiger partial charge in [0.05, 0.1) is 5.75 Å². The summed E-state index contributed by atoms with van der Waals surface area (Å²) in [5, 5.41) is 2.93. The lowest BCUT2D eigenvalue weighted by Crippen LogP contribution is -2.48. The summed E-state index contributed by atoms with van der Waals surface area (Å²) in [5.41, 5.74) is 3.26. The van der Waals surface area contributed by atoms with E-state index in [0.717, 1.165) is 48.2 Å². The molecule has 1 amide bonds. The SMILES string of the molecule is CCc1ccc(NC(=O)CSC(=S)N2C[C@H]3C[C@H](C2)c2cccc(=O)n2C3)cc1. The molecular weight excluding hydrogens is 402 g/mol. The van der Waals surface area contributed by atoms with Crippen molar-refractivity contribution in [2.75, 3.05) is 24.2 Å². The fraction of sp³-hybridized carbons (Fsp3) is 0.409. The van der Waals surface area contributed by atoms with Gasteiger partial charge in [-0.3, -0.25) is 9.59 Å². The average Bonchev–Trinajstić information content (AvgIpc) is 2.73. The van der Waals surface area contributed by atoms with E-state index in [2.05, 4.69) is 23.2 Å². The number of pyridine rings is 1. The molecule has 29 heavy (non-hydrogen) atoms. The summed E-state index contributed by atoms with van der Waals surface area (Å²) in [7, 11) is 0. The van der Waals surface area contributed by atoms with Crippen molar-refractivity contribution >= 4 is 39.9 Å². The van der Waals surface area contributed by atoms with Gasteiger partial charge in [-0.15, -0.1) is 0 Å². The molecule has 7 heteroatoms. The first-order valence-electron chi connectivity index (χ1n) is 10.0. The molecule has 1 aromatic heterocycles. The lowest BCUT2D eigenvalue weighted by Gasteiger charge is -2.43. The van der Waals surface area contributed by atoms with Crippen molar-refractivity contribution in [3.63, 3.8) is 0 Å². The molecule has 3 heterocycles. The minimum absolute atomic E-state index is 0.0456. The fourth-order valence-corrected chi connectivity index (χ4v) is 5.27. The van der Waals surface area contributed by atoms with Crippen LogP contribution in [0.5, 0.6) is 0 Å². The summed E-state index contributed by atoms with van der Waals surface area (Å²) >= 11 is 7.05. The van der Waals surface area contributed by atoms with Crippen LogP contribution in [0.1, 0.15) is 30.5 Å². The number of likely N-dealkylation sites (tertiary alicyclic amines) is 1. The second kappa shape index (κ2) is 8.71. The largest absolute Gasteiger partial charge is 0.356 e. The molecular formula is C22H25N3O2S2. The number of rotatable bonds is 4. The lowest BCUT2D eigenvalue weighted by atomic mass is 9.83. The predicted molar refractivity (Wildman–Crippen MR) is 123 cm³/mol. The average molecular weight is 428 g/mol. The highest BCUT2D eigenvalue weighted by molar-refractivity contribution is 8.23. The van der Waals surface area contributed by atoms with E-state index in [4.69, 9.17) is 12.2 Å². The molecule has 0 radical (unpaired) electrons. The molecule has 0 aliphatic carbocycles. The van der Waals surface area contributed by atoms with Gasteiger partial charge in [0.2, 0.25) is 5.91 Å². The molecule has 4 rings (SSSR count). The number of carbonyl (C=O) groups is 1. The predicted octanol–water partition coefficient (Wildman–Crippen LogP) is 3.49. The van der Waals surface area contributed by atoms with Gasteiger partial charge in [-0.05, 0) is 42.5 Å². The highest BCUT2D eigenvalue weighted by atomic mass is 32.2. The molecule has 1 fully saturated rings. The zero-order valence-corrected chi connectivity index (χ0v) is 18.1. The minimum atomic E-state index is -0.0456. The van der Waals surface area contributed by atoms with E-state index in [9.17, 15) is 9.59 Å². The number of piperidine rings is 1. The van der Waals surface area contributed by atoms with E-state index in [1.807, 2.05) is 34.9 Å². The maximum Gasteiger partial charge on any atom is 0.250 e. The van der Waals surface area contributed by atoms with Gasteiger partial charge in [0.25, 0.3) is 5.56 Å². The van der Waals surface area contributed by atoms with Crippen molar-refractivity contribution in [2.45, 2.75) is 32.2 Å². The van der Waals surface area contributed by atoms with Crippen molar-refractivity contribution in [1.82, 2.24) is 9.47 Å². The molecule has 5 nitrogen and oxygen atoms in total. The van der Waals surface area contributed by atoms with Crippen molar-refractivity contribution in [2.24, 2.45) is 5.92 Å². The van der Waals surface area contributed by atoms with Gasteiger partial charge in [0, 0.05) is 43.0 Å². The van der Waals surface area contributed by atoms with Crippen LogP contribution in [0, 0.1) is 5.92 Å². The lowest BCUT2D eigenvalue weighted by molar-refractivity contribution is -0.113. The molecule has 2 aromatic rings. The number of carbonyl (C=O) groups excluding carboxylic acids is 1. The van der Waals surface area contributed by atoms with Gasteiger partial charge in [0.1, 0.15) is 4.32 Å². The Hall–Kier alpha value is -2.12. The van der Waals surface area contributed by atoms with E-state index in [0.29, 0.717) is 17.6 Å². The van der Waals surface area contributed by atoms with Crippen molar-refractivity contribution in [1.29, 1.82) is 0 Å². The number of thiocarbonyl (C=S) groups is 1. The summed E-state index contributed by atoms with van der Waals surface area (Å²) in [4.78, 5) is 26.7. The summed E-state index contributed by atoms with van der Waals surface area (Å²) in [6.07, 6.45) is 2.08. The number of hydrogen-bond donors (Lipinski definition) is 1. The summed E-state index contributed by atoms with van der Waals surface area (Å²) in [5.74, 6) is 0.998. The topological polar surface area (TPSA) is 54.3 Å². The number of benzene rings is 1. The van der Waals surface area contributed by atoms with Crippen LogP contribution in [-0.2, 0) is 17.8 Å². The summed E-state index contributed by atoms with van der Waals surface area (Å²) in [6.45, 7) is 4.52. The van der Waals surface area contributed by atoms with Crippen molar-refractivity contribution < 1.29 is 4.79 Å². The molecule has 2 bridgehead atoms. The molecule has 2 aliphatic rings. The number of fused-ring (bicyclic) bond motifs is 4. The van der Waals surface area contributed by atoms with Crippen LogP contribution in [0.4, 0.5) is 5.69 Å². The summed E-state index contributed by atoms with van der Waals surface area (Å²) in [6, 6.07) is 13.5. The van der Waals surface area contributed by atoms with Crippen molar-refractivity contribution in [3.8, 4) is 0 Å². The Morgan fingerprint density at radius 1 is 1.17 bits per heavy atom. The highest BCUT2D eigenvalue weighted by Gasteiger charge is 2.35. The quantitative estimate of drug-likeness (QED) is 0.757. The first-order chi connectivity index (χ1) is 14.0. The third-order valence-corrected chi connectivity index (χ3v) is 7.23. The monoisotopic (exact) mass is 427 g/mol. The second-order valence-electron chi connectivity index (χ2n) is 7.76. The number of aryl methyl sites for hydroxylation is 1. The van der Waals surface area contributed by atoms with Crippen LogP contribution in [-0.4, -0.2) is 38.5 Å². The molecule has 2 aliphatic heterocycles. The zero-order valence-electron chi connectivity index (χ0n) is 16.5. The molecule has 0 unspecified atom stereocenters. The van der Waals surface area contributed by atoms with Crippen LogP contribution < -0.4 is 10.9 Å². The molecule has 152 valence electrons. The van der Waals surface area contributed by atoms with E-state index in [-0.39, 0.29) is 11.5 Å². The molecule has 1 saturated heterocycles. The van der Waals surface area contributed by atoms with Crippen LogP contribution in [0.15, 0.2) is 47.3 Å². The Morgan fingerprint density at radius 3 is 2.72 bits per heavy atom. The van der Waals surface area contributed by atoms with Crippen LogP contribution in [0.25, 0.3) is 0 Å². The Balaban J connectivity index is 1.32. The van der Waals surface area contributed by atoms with Gasteiger partial charge in [-0.2, -0.15) is 0 Å². The number of nitrogens with one attached hydrogen (secondary N) is 1. The van der Waals surface area contributed by atoms with Crippen molar-refractivity contribution in [3.05, 3.63) is 64.1 Å². The number of nitrogens with zero attached hydrogens (tertiary/aromatic N) is 2. The number of hydrogen-bond acceptors (Lipinski definition) is 4. The van der Waals surface area contributed by atoms with E-state index in [1.54, 1.807) is 6.07 Å². The van der Waals surface area contributed by atoms with Crippen LogP contribution >= 0.6 is 24.0 Å². The Labute approximate surface area is 180 Å². The van der Waals surface area contributed by atoms with E-state index in [1.165, 1.54) is 17.3 Å². The number of amides is 1. The highest BCUT2D eigenvalue weighted by Crippen LogP contribution is 2.36. The first kappa shape index (κ1) is 20.2. The van der Waals surface area contributed by atoms with Gasteiger partial charge >= 0.3 is 0 Å². The van der Waals surface area contributed by atoms with E-state index < -0.39 is 0 Å². The Kier molecular flexibility index (Phi) is 6.06. The molecule has 0 spiro atoms. The molecule has 1 N–H and O–H groups in total. The molecule has 0 saturated carbocycles. The molecule has 1 aromatic carbocycles. The van der Waals surface area contributed by atoms with Gasteiger partial charge in [0.15, 0.2) is 0 Å². The number of anilines is 1. The van der Waals surface area contributed by atoms with Gasteiger partial charge in [-0.25, -0.2) is 0 Å². The minimum Gasteiger partial charge on any atom is -0.356 e. The van der Waals surface area contributed by atoms with Crippen LogP contribution in [0.3, 0.4) is 0 Å². The van der Waals surface area contributed by atoms with Gasteiger partial charge < -0.3 is 14.8 Å². The summed E-state index contributed by atoms with van der Waals surface area (Å²) < 4.78 is 2.69. The molecule has 2 atom stereocenters. The first-order valence-corrected chi connectivity index (χ1v) is 11.4. The third-order valence-electron chi connectivity index (χ3n) is 5.71. The van der Waals surface area contributed by atoms with Gasteiger partial charge in [-0.1, -0.05) is 49.1 Å². The normalized spacial score (nSPS) is 20.1. The van der Waals surface area contributed by atoms with E-state index >= 15 is 0 Å². The van der Waals surface area contributed by atoms with Crippen LogP contribution in [0.2, 0.25) is 0 Å². The Morgan fingerprint density at radius 2 is 1.97 bits per heavy atom.